The van der Waals surface area contributed by atoms with Gasteiger partial charge in [0.2, 0.25) is 0 Å². The minimum atomic E-state index is 0.381. The molecule has 0 unspecified atom stereocenters. The molecule has 0 fully saturated rings. The number of rotatable bonds is 1. The highest BCUT2D eigenvalue weighted by atomic mass is 35.5. The lowest BCUT2D eigenvalue weighted by molar-refractivity contribution is 1.54. The summed E-state index contributed by atoms with van der Waals surface area (Å²) in [5.41, 5.74) is 0.640. The van der Waals surface area contributed by atoms with Crippen molar-refractivity contribution in [2.75, 3.05) is 0 Å². The Morgan fingerprint density at radius 1 is 1.23 bits per heavy atom. The Morgan fingerprint density at radius 2 is 1.92 bits per heavy atom. The van der Waals surface area contributed by atoms with Crippen molar-refractivity contribution in [3.63, 3.8) is 0 Å². The average molecular weight is 232 g/mol. The summed E-state index contributed by atoms with van der Waals surface area (Å²) in [6.07, 6.45) is 2.87. The van der Waals surface area contributed by atoms with Gasteiger partial charge in [-0.3, -0.25) is 0 Å². The maximum atomic E-state index is 8.31. The predicted molar refractivity (Wildman–Crippen MR) is 56.1 cm³/mol. The molecule has 0 bridgehead atoms. The Morgan fingerprint density at radius 3 is 2.54 bits per heavy atom. The lowest BCUT2D eigenvalue weighted by Crippen LogP contribution is -1.77. The summed E-state index contributed by atoms with van der Waals surface area (Å²) in [7, 11) is 0. The highest BCUT2D eigenvalue weighted by molar-refractivity contribution is 6.44. The summed E-state index contributed by atoms with van der Waals surface area (Å²) in [4.78, 5) is 0. The number of allylic oxidation sites excluding steroid dienone is 1. The van der Waals surface area contributed by atoms with E-state index in [-0.39, 0.29) is 0 Å². The van der Waals surface area contributed by atoms with Crippen molar-refractivity contribution >= 4 is 40.9 Å². The minimum Gasteiger partial charge on any atom is -0.193 e. The van der Waals surface area contributed by atoms with Gasteiger partial charge in [-0.15, -0.1) is 0 Å². The van der Waals surface area contributed by atoms with Crippen molar-refractivity contribution in [2.45, 2.75) is 0 Å². The molecule has 4 heteroatoms. The zero-order valence-corrected chi connectivity index (χ0v) is 8.66. The van der Waals surface area contributed by atoms with Crippen molar-refractivity contribution in [3.8, 4) is 6.07 Å². The van der Waals surface area contributed by atoms with E-state index in [1.165, 1.54) is 6.08 Å². The maximum absolute atomic E-state index is 8.31. The molecule has 0 radical (unpaired) electrons. The Hall–Kier alpha value is -0.680. The molecule has 1 nitrogen and oxygen atoms in total. The van der Waals surface area contributed by atoms with Crippen LogP contribution in [0.1, 0.15) is 5.56 Å². The first-order chi connectivity index (χ1) is 6.15. The molecule has 0 aromatic heterocycles. The van der Waals surface area contributed by atoms with Crippen LogP contribution in [0.2, 0.25) is 15.1 Å². The van der Waals surface area contributed by atoms with E-state index < -0.39 is 0 Å². The van der Waals surface area contributed by atoms with Gasteiger partial charge >= 0.3 is 0 Å². The van der Waals surface area contributed by atoms with Crippen molar-refractivity contribution in [2.24, 2.45) is 0 Å². The first kappa shape index (κ1) is 10.4. The average Bonchev–Trinajstić information content (AvgIpc) is 2.09. The number of hydrogen-bond acceptors (Lipinski definition) is 1. The molecule has 0 amide bonds. The van der Waals surface area contributed by atoms with Crippen molar-refractivity contribution in [1.82, 2.24) is 0 Å². The topological polar surface area (TPSA) is 23.8 Å². The van der Waals surface area contributed by atoms with Gasteiger partial charge in [0, 0.05) is 11.1 Å². The highest BCUT2D eigenvalue weighted by Crippen LogP contribution is 2.30. The molecule has 1 aromatic rings. The number of nitrogens with zero attached hydrogens (tertiary/aromatic N) is 1. The summed E-state index contributed by atoms with van der Waals surface area (Å²) in [5, 5.41) is 9.59. The Bertz CT molecular complexity index is 391. The molecule has 0 saturated carbocycles. The summed E-state index contributed by atoms with van der Waals surface area (Å²) in [5.74, 6) is 0. The third-order valence-corrected chi connectivity index (χ3v) is 2.39. The van der Waals surface area contributed by atoms with Gasteiger partial charge in [-0.1, -0.05) is 34.8 Å². The van der Waals surface area contributed by atoms with Gasteiger partial charge < -0.3 is 0 Å². The van der Waals surface area contributed by atoms with Gasteiger partial charge in [-0.05, 0) is 23.8 Å². The monoisotopic (exact) mass is 231 g/mol. The van der Waals surface area contributed by atoms with Crippen LogP contribution in [0.4, 0.5) is 0 Å². The lowest BCUT2D eigenvalue weighted by atomic mass is 10.2. The molecule has 0 aliphatic carbocycles. The first-order valence-electron chi connectivity index (χ1n) is 3.36. The fourth-order valence-electron chi connectivity index (χ4n) is 0.824. The number of halogens is 3. The zero-order valence-electron chi connectivity index (χ0n) is 6.39. The van der Waals surface area contributed by atoms with E-state index >= 15 is 0 Å². The van der Waals surface area contributed by atoms with E-state index in [0.717, 1.165) is 0 Å². The van der Waals surface area contributed by atoms with Crippen molar-refractivity contribution in [3.05, 3.63) is 38.8 Å². The molecule has 0 aliphatic rings. The van der Waals surface area contributed by atoms with Crippen LogP contribution < -0.4 is 0 Å². The van der Waals surface area contributed by atoms with E-state index in [2.05, 4.69) is 0 Å². The SMILES string of the molecule is N#C/C=C/c1cc(Cl)cc(Cl)c1Cl. The standard InChI is InChI=1S/C9H4Cl3N/c10-7-4-6(2-1-3-13)9(12)8(11)5-7/h1-2,4-5H/b2-1+. The van der Waals surface area contributed by atoms with E-state index in [1.807, 2.05) is 6.07 Å². The Kier molecular flexibility index (Phi) is 3.62. The van der Waals surface area contributed by atoms with Crippen LogP contribution in [-0.4, -0.2) is 0 Å². The summed E-state index contributed by atoms with van der Waals surface area (Å²) < 4.78 is 0. The Labute approximate surface area is 91.1 Å². The number of benzene rings is 1. The van der Waals surface area contributed by atoms with Gasteiger partial charge in [0.05, 0.1) is 16.1 Å². The van der Waals surface area contributed by atoms with Crippen LogP contribution in [0.5, 0.6) is 0 Å². The van der Waals surface area contributed by atoms with Crippen molar-refractivity contribution < 1.29 is 0 Å². The van der Waals surface area contributed by atoms with Crippen LogP contribution >= 0.6 is 34.8 Å². The van der Waals surface area contributed by atoms with Crippen LogP contribution in [0.25, 0.3) is 6.08 Å². The lowest BCUT2D eigenvalue weighted by Gasteiger charge is -2.00. The van der Waals surface area contributed by atoms with Gasteiger partial charge in [0.25, 0.3) is 0 Å². The third kappa shape index (κ3) is 2.63. The largest absolute Gasteiger partial charge is 0.193 e. The second kappa shape index (κ2) is 4.53. The van der Waals surface area contributed by atoms with E-state index in [9.17, 15) is 0 Å². The summed E-state index contributed by atoms with van der Waals surface area (Å²) in [6, 6.07) is 5.05. The first-order valence-corrected chi connectivity index (χ1v) is 4.49. The second-order valence-electron chi connectivity index (χ2n) is 2.25. The smallest absolute Gasteiger partial charge is 0.0912 e. The normalized spacial score (nSPS) is 10.3. The van der Waals surface area contributed by atoms with Crippen LogP contribution in [-0.2, 0) is 0 Å². The third-order valence-electron chi connectivity index (χ3n) is 1.36. The van der Waals surface area contributed by atoms with Crippen molar-refractivity contribution in [1.29, 1.82) is 5.26 Å². The molecule has 0 saturated heterocycles. The quantitative estimate of drug-likeness (QED) is 0.526. The Balaban J connectivity index is 3.22. The van der Waals surface area contributed by atoms with Crippen LogP contribution in [0.3, 0.4) is 0 Å². The van der Waals surface area contributed by atoms with Crippen LogP contribution in [0, 0.1) is 11.3 Å². The summed E-state index contributed by atoms with van der Waals surface area (Å²) >= 11 is 17.4. The molecular formula is C9H4Cl3N. The van der Waals surface area contributed by atoms with E-state index in [0.29, 0.717) is 20.6 Å². The maximum Gasteiger partial charge on any atom is 0.0912 e. The minimum absolute atomic E-state index is 0.381. The molecular weight excluding hydrogens is 228 g/mol. The molecule has 0 atom stereocenters. The van der Waals surface area contributed by atoms with E-state index in [4.69, 9.17) is 40.1 Å². The molecule has 1 aromatic carbocycles. The second-order valence-corrected chi connectivity index (χ2v) is 3.47. The van der Waals surface area contributed by atoms with E-state index in [1.54, 1.807) is 18.2 Å². The molecule has 0 heterocycles. The molecule has 0 spiro atoms. The molecule has 1 rings (SSSR count). The molecule has 66 valence electrons. The zero-order chi connectivity index (χ0) is 9.84. The fraction of sp³-hybridized carbons (Fsp3) is 0. The highest BCUT2D eigenvalue weighted by Gasteiger charge is 2.03. The summed E-state index contributed by atoms with van der Waals surface area (Å²) in [6.45, 7) is 0. The molecule has 0 N–H and O–H groups in total. The molecule has 0 aliphatic heterocycles. The van der Waals surface area contributed by atoms with Crippen LogP contribution in [0.15, 0.2) is 18.2 Å². The van der Waals surface area contributed by atoms with Gasteiger partial charge in [0.15, 0.2) is 0 Å². The van der Waals surface area contributed by atoms with Gasteiger partial charge in [-0.2, -0.15) is 5.26 Å². The number of hydrogen-bond donors (Lipinski definition) is 0. The molecule has 13 heavy (non-hydrogen) atoms. The number of nitriles is 1. The fourth-order valence-corrected chi connectivity index (χ4v) is 1.51. The van der Waals surface area contributed by atoms with Gasteiger partial charge in [-0.25, -0.2) is 0 Å². The van der Waals surface area contributed by atoms with Gasteiger partial charge in [0.1, 0.15) is 0 Å². The predicted octanol–water partition coefficient (Wildman–Crippen LogP) is 4.18.